The molecule has 4 nitrogen and oxygen atoms in total. The molecule has 4 heteroatoms. The van der Waals surface area contributed by atoms with E-state index in [0.29, 0.717) is 5.69 Å². The number of carbonyl (C=O) groups is 2. The summed E-state index contributed by atoms with van der Waals surface area (Å²) >= 11 is 0. The maximum atomic E-state index is 11.4. The smallest absolute Gasteiger partial charge is 0.394 e. The topological polar surface area (TPSA) is 57.6 Å². The summed E-state index contributed by atoms with van der Waals surface area (Å²) in [5.41, 5.74) is 0.593. The Balaban J connectivity index is 2.56. The Labute approximate surface area is 98.1 Å². The molecule has 0 aliphatic carbocycles. The number of carboxylic acids is 1. The Morgan fingerprint density at radius 3 is 2.41 bits per heavy atom. The van der Waals surface area contributed by atoms with E-state index in [1.54, 1.807) is 12.1 Å². The van der Waals surface area contributed by atoms with Gasteiger partial charge in [-0.1, -0.05) is 36.4 Å². The molecule has 0 bridgehead atoms. The molecule has 17 heavy (non-hydrogen) atoms. The number of amides is 1. The molecule has 0 atom stereocenters. The molecule has 0 saturated carbocycles. The first kappa shape index (κ1) is 11.1. The van der Waals surface area contributed by atoms with E-state index in [-0.39, 0.29) is 0 Å². The van der Waals surface area contributed by atoms with Gasteiger partial charge in [-0.25, -0.2) is 4.79 Å². The van der Waals surface area contributed by atoms with Crippen LogP contribution in [0.15, 0.2) is 42.5 Å². The van der Waals surface area contributed by atoms with Gasteiger partial charge in [0.15, 0.2) is 0 Å². The number of carbonyl (C=O) groups excluding carboxylic acids is 1. The van der Waals surface area contributed by atoms with Gasteiger partial charge in [0.1, 0.15) is 0 Å². The summed E-state index contributed by atoms with van der Waals surface area (Å²) in [5.74, 6) is -2.40. The molecule has 0 heterocycles. The molecule has 0 fully saturated rings. The van der Waals surface area contributed by atoms with Gasteiger partial charge in [-0.15, -0.1) is 0 Å². The van der Waals surface area contributed by atoms with Crippen LogP contribution in [-0.2, 0) is 9.59 Å². The maximum absolute atomic E-state index is 11.4. The van der Waals surface area contributed by atoms with Gasteiger partial charge in [0.05, 0.1) is 5.69 Å². The first-order valence-electron chi connectivity index (χ1n) is 5.10. The van der Waals surface area contributed by atoms with E-state index in [1.165, 1.54) is 7.05 Å². The number of anilines is 1. The lowest BCUT2D eigenvalue weighted by Crippen LogP contribution is -2.32. The van der Waals surface area contributed by atoms with Crippen LogP contribution in [0.2, 0.25) is 0 Å². The van der Waals surface area contributed by atoms with E-state index in [1.807, 2.05) is 30.3 Å². The molecule has 0 aliphatic rings. The van der Waals surface area contributed by atoms with Crippen LogP contribution in [-0.4, -0.2) is 24.0 Å². The van der Waals surface area contributed by atoms with E-state index in [2.05, 4.69) is 0 Å². The van der Waals surface area contributed by atoms with Gasteiger partial charge in [-0.05, 0) is 11.5 Å². The maximum Gasteiger partial charge on any atom is 0.394 e. The van der Waals surface area contributed by atoms with Crippen LogP contribution < -0.4 is 4.90 Å². The second-order valence-electron chi connectivity index (χ2n) is 3.67. The number of carboxylic acid groups (broad SMARTS) is 1. The Hall–Kier alpha value is -2.36. The molecule has 2 aromatic carbocycles. The molecule has 0 aliphatic heterocycles. The molecule has 1 N–H and O–H groups in total. The minimum absolute atomic E-state index is 0.593. The minimum Gasteiger partial charge on any atom is -0.474 e. The molecular formula is C13H11NO3. The van der Waals surface area contributed by atoms with Crippen molar-refractivity contribution in [1.82, 2.24) is 0 Å². The first-order chi connectivity index (χ1) is 8.11. The normalized spacial score (nSPS) is 10.2. The van der Waals surface area contributed by atoms with Crippen LogP contribution in [0.1, 0.15) is 0 Å². The highest BCUT2D eigenvalue weighted by Gasteiger charge is 2.19. The number of benzene rings is 2. The van der Waals surface area contributed by atoms with Crippen LogP contribution in [0.5, 0.6) is 0 Å². The van der Waals surface area contributed by atoms with Crippen molar-refractivity contribution in [2.45, 2.75) is 0 Å². The van der Waals surface area contributed by atoms with Crippen molar-refractivity contribution in [3.05, 3.63) is 42.5 Å². The highest BCUT2D eigenvalue weighted by Crippen LogP contribution is 2.25. The zero-order valence-electron chi connectivity index (χ0n) is 9.25. The quantitative estimate of drug-likeness (QED) is 0.759. The van der Waals surface area contributed by atoms with Gasteiger partial charge in [-0.2, -0.15) is 0 Å². The lowest BCUT2D eigenvalue weighted by atomic mass is 10.1. The van der Waals surface area contributed by atoms with Crippen LogP contribution in [0.4, 0.5) is 5.69 Å². The molecular weight excluding hydrogens is 218 g/mol. The molecule has 0 aromatic heterocycles. The highest BCUT2D eigenvalue weighted by atomic mass is 16.4. The zero-order chi connectivity index (χ0) is 12.4. The second-order valence-corrected chi connectivity index (χ2v) is 3.67. The third-order valence-corrected chi connectivity index (χ3v) is 2.62. The minimum atomic E-state index is -1.46. The van der Waals surface area contributed by atoms with Crippen LogP contribution in [0, 0.1) is 0 Å². The molecule has 86 valence electrons. The summed E-state index contributed by atoms with van der Waals surface area (Å²) in [6.45, 7) is 0. The summed E-state index contributed by atoms with van der Waals surface area (Å²) in [6, 6.07) is 13.0. The summed E-state index contributed by atoms with van der Waals surface area (Å²) in [7, 11) is 1.46. The van der Waals surface area contributed by atoms with Crippen LogP contribution >= 0.6 is 0 Å². The summed E-state index contributed by atoms with van der Waals surface area (Å²) in [5, 5.41) is 10.5. The molecule has 2 rings (SSSR count). The van der Waals surface area contributed by atoms with E-state index in [4.69, 9.17) is 5.11 Å². The van der Waals surface area contributed by atoms with Crippen molar-refractivity contribution >= 4 is 28.3 Å². The largest absolute Gasteiger partial charge is 0.474 e. The molecule has 0 radical (unpaired) electrons. The standard InChI is InChI=1S/C13H11NO3/c1-14(12(15)13(16)17)11-8-4-6-9-5-2-3-7-10(9)11/h2-8H,1H3,(H,16,17). The van der Waals surface area contributed by atoms with Gasteiger partial charge < -0.3 is 10.0 Å². The monoisotopic (exact) mass is 229 g/mol. The number of rotatable bonds is 1. The highest BCUT2D eigenvalue weighted by molar-refractivity contribution is 6.37. The van der Waals surface area contributed by atoms with Gasteiger partial charge in [-0.3, -0.25) is 4.79 Å². The fourth-order valence-electron chi connectivity index (χ4n) is 1.75. The Kier molecular flexibility index (Phi) is 2.78. The third-order valence-electron chi connectivity index (χ3n) is 2.62. The van der Waals surface area contributed by atoms with E-state index >= 15 is 0 Å². The zero-order valence-corrected chi connectivity index (χ0v) is 9.25. The van der Waals surface area contributed by atoms with Crippen LogP contribution in [0.3, 0.4) is 0 Å². The Morgan fingerprint density at radius 2 is 1.71 bits per heavy atom. The molecule has 0 spiro atoms. The fourth-order valence-corrected chi connectivity index (χ4v) is 1.75. The van der Waals surface area contributed by atoms with Crippen molar-refractivity contribution in [2.75, 3.05) is 11.9 Å². The SMILES string of the molecule is CN(C(=O)C(=O)O)c1cccc2ccccc12. The average molecular weight is 229 g/mol. The number of hydrogen-bond acceptors (Lipinski definition) is 2. The number of likely N-dealkylation sites (N-methyl/N-ethyl adjacent to an activating group) is 1. The average Bonchev–Trinajstić information content (AvgIpc) is 2.36. The Morgan fingerprint density at radius 1 is 1.06 bits per heavy atom. The van der Waals surface area contributed by atoms with Gasteiger partial charge in [0.2, 0.25) is 0 Å². The number of nitrogens with zero attached hydrogens (tertiary/aromatic N) is 1. The lowest BCUT2D eigenvalue weighted by Gasteiger charge is -2.16. The molecule has 0 unspecified atom stereocenters. The second kappa shape index (κ2) is 4.25. The van der Waals surface area contributed by atoms with Crippen molar-refractivity contribution in [1.29, 1.82) is 0 Å². The number of aliphatic carboxylic acids is 1. The van der Waals surface area contributed by atoms with Gasteiger partial charge in [0, 0.05) is 12.4 Å². The molecule has 0 saturated heterocycles. The van der Waals surface area contributed by atoms with E-state index in [9.17, 15) is 9.59 Å². The van der Waals surface area contributed by atoms with Crippen LogP contribution in [0.25, 0.3) is 10.8 Å². The predicted molar refractivity (Wildman–Crippen MR) is 65.0 cm³/mol. The fraction of sp³-hybridized carbons (Fsp3) is 0.0769. The third kappa shape index (κ3) is 1.97. The van der Waals surface area contributed by atoms with E-state index < -0.39 is 11.9 Å². The molecule has 2 aromatic rings. The molecule has 1 amide bonds. The summed E-state index contributed by atoms with van der Waals surface area (Å²) in [4.78, 5) is 23.2. The van der Waals surface area contributed by atoms with Gasteiger partial charge in [0.25, 0.3) is 0 Å². The first-order valence-corrected chi connectivity index (χ1v) is 5.10. The predicted octanol–water partition coefficient (Wildman–Crippen LogP) is 1.89. The lowest BCUT2D eigenvalue weighted by molar-refractivity contribution is -0.148. The van der Waals surface area contributed by atoms with Crippen molar-refractivity contribution in [3.8, 4) is 0 Å². The number of hydrogen-bond donors (Lipinski definition) is 1. The Bertz CT molecular complexity index is 587. The van der Waals surface area contributed by atoms with Gasteiger partial charge >= 0.3 is 11.9 Å². The summed E-state index contributed by atoms with van der Waals surface area (Å²) in [6.07, 6.45) is 0. The van der Waals surface area contributed by atoms with Crippen molar-refractivity contribution in [2.24, 2.45) is 0 Å². The van der Waals surface area contributed by atoms with Crippen molar-refractivity contribution < 1.29 is 14.7 Å². The number of fused-ring (bicyclic) bond motifs is 1. The summed E-state index contributed by atoms with van der Waals surface area (Å²) < 4.78 is 0. The van der Waals surface area contributed by atoms with E-state index in [0.717, 1.165) is 15.7 Å². The van der Waals surface area contributed by atoms with Crippen molar-refractivity contribution in [3.63, 3.8) is 0 Å².